The average Bonchev–Trinajstić information content (AvgIpc) is 3.18. The number of benzene rings is 1. The van der Waals surface area contributed by atoms with Crippen molar-refractivity contribution < 1.29 is 0 Å². The van der Waals surface area contributed by atoms with Gasteiger partial charge in [0.2, 0.25) is 0 Å². The number of nitrogens with zero attached hydrogens (tertiary/aromatic N) is 4. The summed E-state index contributed by atoms with van der Waals surface area (Å²) in [6.45, 7) is 5.21. The van der Waals surface area contributed by atoms with Gasteiger partial charge in [0, 0.05) is 44.1 Å². The molecule has 0 spiro atoms. The number of aromatic nitrogens is 2. The Morgan fingerprint density at radius 2 is 2.19 bits per heavy atom. The number of nitrogens with one attached hydrogen (secondary N) is 1. The van der Waals surface area contributed by atoms with Crippen LogP contribution in [0.15, 0.2) is 48.0 Å². The number of hydrogen-bond donors (Lipinski definition) is 1. The molecule has 0 bridgehead atoms. The number of hydrogen-bond acceptors (Lipinski definition) is 2. The molecule has 3 rings (SSSR count). The van der Waals surface area contributed by atoms with E-state index in [9.17, 15) is 0 Å². The lowest BCUT2D eigenvalue weighted by molar-refractivity contribution is 0.189. The molecule has 1 N–H and O–H groups in total. The molecule has 0 aliphatic carbocycles. The number of aliphatic imine (C=N–C) groups is 1. The van der Waals surface area contributed by atoms with Gasteiger partial charge in [-0.15, -0.1) is 24.0 Å². The molecule has 1 aliphatic heterocycles. The topological polar surface area (TPSA) is 45.5 Å². The van der Waals surface area contributed by atoms with E-state index in [0.717, 1.165) is 49.9 Å². The maximum absolute atomic E-state index is 6.23. The van der Waals surface area contributed by atoms with Gasteiger partial charge in [0.15, 0.2) is 5.96 Å². The van der Waals surface area contributed by atoms with Gasteiger partial charge in [-0.05, 0) is 36.8 Å². The summed E-state index contributed by atoms with van der Waals surface area (Å²) >= 11 is 6.23. The first-order chi connectivity index (χ1) is 12.7. The van der Waals surface area contributed by atoms with Gasteiger partial charge in [-0.3, -0.25) is 4.99 Å². The van der Waals surface area contributed by atoms with Crippen molar-refractivity contribution in [2.45, 2.75) is 32.2 Å². The number of likely N-dealkylation sites (tertiary alicyclic amines) is 1. The molecule has 2 atom stereocenters. The highest BCUT2D eigenvalue weighted by atomic mass is 127. The number of aryl methyl sites for hydroxylation is 1. The van der Waals surface area contributed by atoms with Crippen LogP contribution < -0.4 is 5.32 Å². The van der Waals surface area contributed by atoms with Crippen LogP contribution in [0.25, 0.3) is 0 Å². The summed E-state index contributed by atoms with van der Waals surface area (Å²) in [7, 11) is 1.86. The highest BCUT2D eigenvalue weighted by molar-refractivity contribution is 14.0. The summed E-state index contributed by atoms with van der Waals surface area (Å²) in [6, 6.07) is 8.50. The second-order valence-electron chi connectivity index (χ2n) is 6.96. The van der Waals surface area contributed by atoms with Gasteiger partial charge in [0.25, 0.3) is 0 Å². The molecule has 1 aromatic heterocycles. The molecular formula is C20H29ClIN5. The van der Waals surface area contributed by atoms with Crippen molar-refractivity contribution in [1.82, 2.24) is 19.8 Å². The van der Waals surface area contributed by atoms with E-state index in [4.69, 9.17) is 11.6 Å². The molecule has 0 radical (unpaired) electrons. The molecule has 0 saturated carbocycles. The van der Waals surface area contributed by atoms with Gasteiger partial charge < -0.3 is 14.8 Å². The molecular weight excluding hydrogens is 473 g/mol. The summed E-state index contributed by atoms with van der Waals surface area (Å²) in [5.74, 6) is 1.62. The van der Waals surface area contributed by atoms with Gasteiger partial charge in [-0.2, -0.15) is 0 Å². The number of piperidine rings is 1. The van der Waals surface area contributed by atoms with Gasteiger partial charge in [-0.1, -0.05) is 36.7 Å². The van der Waals surface area contributed by atoms with Crippen LogP contribution in [-0.2, 0) is 6.42 Å². The summed E-state index contributed by atoms with van der Waals surface area (Å²) in [5.41, 5.74) is 1.21. The lowest BCUT2D eigenvalue weighted by Crippen LogP contribution is -2.49. The molecule has 1 saturated heterocycles. The second-order valence-corrected chi connectivity index (χ2v) is 7.37. The Bertz CT molecular complexity index is 719. The molecule has 1 aromatic carbocycles. The Labute approximate surface area is 184 Å². The predicted molar refractivity (Wildman–Crippen MR) is 123 cm³/mol. The van der Waals surface area contributed by atoms with Crippen LogP contribution in [0.4, 0.5) is 0 Å². The van der Waals surface area contributed by atoms with Crippen molar-refractivity contribution in [1.29, 1.82) is 0 Å². The van der Waals surface area contributed by atoms with Crippen molar-refractivity contribution in [3.63, 3.8) is 0 Å². The van der Waals surface area contributed by atoms with Crippen molar-refractivity contribution in [3.8, 4) is 0 Å². The fraction of sp³-hybridized carbons (Fsp3) is 0.500. The number of rotatable bonds is 5. The average molecular weight is 502 g/mol. The summed E-state index contributed by atoms with van der Waals surface area (Å²) < 4.78 is 2.22. The SMILES string of the molecule is CN=C(NCCCc1ccccc1Cl)N1CCC(C)C(n2ccnc2)C1.I. The molecule has 1 fully saturated rings. The molecule has 2 heterocycles. The Kier molecular flexibility index (Phi) is 8.89. The quantitative estimate of drug-likeness (QED) is 0.288. The third kappa shape index (κ3) is 5.85. The van der Waals surface area contributed by atoms with E-state index >= 15 is 0 Å². The lowest BCUT2D eigenvalue weighted by atomic mass is 9.93. The Morgan fingerprint density at radius 3 is 2.89 bits per heavy atom. The van der Waals surface area contributed by atoms with Crippen LogP contribution in [0.3, 0.4) is 0 Å². The minimum Gasteiger partial charge on any atom is -0.356 e. The van der Waals surface area contributed by atoms with Crippen molar-refractivity contribution in [2.75, 3.05) is 26.7 Å². The van der Waals surface area contributed by atoms with Crippen molar-refractivity contribution in [3.05, 3.63) is 53.6 Å². The second kappa shape index (κ2) is 10.9. The van der Waals surface area contributed by atoms with E-state index in [1.165, 1.54) is 5.56 Å². The third-order valence-electron chi connectivity index (χ3n) is 5.20. The first-order valence-corrected chi connectivity index (χ1v) is 9.73. The predicted octanol–water partition coefficient (Wildman–Crippen LogP) is 4.25. The van der Waals surface area contributed by atoms with Crippen LogP contribution in [0.1, 0.15) is 31.4 Å². The Balaban J connectivity index is 0.00000261. The normalized spacial score (nSPS) is 20.3. The molecule has 5 nitrogen and oxygen atoms in total. The first kappa shape index (κ1) is 22.0. The van der Waals surface area contributed by atoms with Crippen LogP contribution >= 0.6 is 35.6 Å². The summed E-state index contributed by atoms with van der Waals surface area (Å²) in [4.78, 5) is 11.1. The number of guanidine groups is 1. The van der Waals surface area contributed by atoms with Crippen LogP contribution in [0.2, 0.25) is 5.02 Å². The molecule has 2 unspecified atom stereocenters. The van der Waals surface area contributed by atoms with E-state index < -0.39 is 0 Å². The van der Waals surface area contributed by atoms with Gasteiger partial charge >= 0.3 is 0 Å². The maximum atomic E-state index is 6.23. The smallest absolute Gasteiger partial charge is 0.193 e. The fourth-order valence-electron chi connectivity index (χ4n) is 3.61. The number of halogens is 2. The van der Waals surface area contributed by atoms with Crippen LogP contribution in [0, 0.1) is 5.92 Å². The maximum Gasteiger partial charge on any atom is 0.193 e. The summed E-state index contributed by atoms with van der Waals surface area (Å²) in [6.07, 6.45) is 8.99. The zero-order valence-corrected chi connectivity index (χ0v) is 19.1. The summed E-state index contributed by atoms with van der Waals surface area (Å²) in [5, 5.41) is 4.37. The molecule has 0 amide bonds. The van der Waals surface area contributed by atoms with Gasteiger partial charge in [-0.25, -0.2) is 4.98 Å². The molecule has 148 valence electrons. The van der Waals surface area contributed by atoms with E-state index in [-0.39, 0.29) is 24.0 Å². The first-order valence-electron chi connectivity index (χ1n) is 9.35. The van der Waals surface area contributed by atoms with Crippen molar-refractivity contribution in [2.24, 2.45) is 10.9 Å². The minimum absolute atomic E-state index is 0. The van der Waals surface area contributed by atoms with Crippen LogP contribution in [-0.4, -0.2) is 47.1 Å². The third-order valence-corrected chi connectivity index (χ3v) is 5.57. The monoisotopic (exact) mass is 501 g/mol. The standard InChI is InChI=1S/C20H28ClN5.HI/c1-16-9-12-25(14-19(16)26-13-11-23-15-26)20(22-2)24-10-5-7-17-6-3-4-8-18(17)21;/h3-4,6,8,11,13,15-16,19H,5,7,9-10,12,14H2,1-2H3,(H,22,24);1H. The number of imidazole rings is 1. The van der Waals surface area contributed by atoms with Crippen molar-refractivity contribution >= 4 is 41.5 Å². The Morgan fingerprint density at radius 1 is 1.37 bits per heavy atom. The largest absolute Gasteiger partial charge is 0.356 e. The van der Waals surface area contributed by atoms with E-state index in [1.807, 2.05) is 37.8 Å². The highest BCUT2D eigenvalue weighted by Crippen LogP contribution is 2.27. The highest BCUT2D eigenvalue weighted by Gasteiger charge is 2.28. The van der Waals surface area contributed by atoms with Crippen LogP contribution in [0.5, 0.6) is 0 Å². The molecule has 7 heteroatoms. The molecule has 2 aromatic rings. The lowest BCUT2D eigenvalue weighted by Gasteiger charge is -2.39. The van der Waals surface area contributed by atoms with Gasteiger partial charge in [0.1, 0.15) is 0 Å². The fourth-order valence-corrected chi connectivity index (χ4v) is 3.84. The van der Waals surface area contributed by atoms with E-state index in [1.54, 1.807) is 0 Å². The van der Waals surface area contributed by atoms with Gasteiger partial charge in [0.05, 0.1) is 12.4 Å². The van der Waals surface area contributed by atoms with E-state index in [0.29, 0.717) is 12.0 Å². The molecule has 27 heavy (non-hydrogen) atoms. The molecule has 1 aliphatic rings. The zero-order valence-electron chi connectivity index (χ0n) is 16.0. The zero-order chi connectivity index (χ0) is 18.4. The minimum atomic E-state index is 0. The Hall–Kier alpha value is -1.28. The van der Waals surface area contributed by atoms with E-state index in [2.05, 4.69) is 43.9 Å².